The van der Waals surface area contributed by atoms with Gasteiger partial charge in [0.25, 0.3) is 0 Å². The molecule has 19 heavy (non-hydrogen) atoms. The van der Waals surface area contributed by atoms with Gasteiger partial charge in [-0.05, 0) is 31.4 Å². The molecule has 0 unspecified atom stereocenters. The third kappa shape index (κ3) is 3.32. The van der Waals surface area contributed by atoms with Crippen LogP contribution in [0.15, 0.2) is 30.3 Å². The molecule has 3 amide bonds. The zero-order valence-electron chi connectivity index (χ0n) is 11.0. The largest absolute Gasteiger partial charge is 0.351 e. The zero-order valence-corrected chi connectivity index (χ0v) is 11.0. The molecule has 1 aromatic carbocycles. The predicted molar refractivity (Wildman–Crippen MR) is 72.6 cm³/mol. The highest BCUT2D eigenvalue weighted by Crippen LogP contribution is 2.28. The first kappa shape index (κ1) is 13.5. The Kier molecular flexibility index (Phi) is 4.16. The minimum atomic E-state index is -0.796. The highest BCUT2D eigenvalue weighted by atomic mass is 16.2. The van der Waals surface area contributed by atoms with Gasteiger partial charge in [0.2, 0.25) is 5.91 Å². The van der Waals surface area contributed by atoms with Crippen molar-refractivity contribution in [1.29, 1.82) is 0 Å². The maximum absolute atomic E-state index is 11.7. The van der Waals surface area contributed by atoms with E-state index in [0.29, 0.717) is 5.92 Å². The minimum Gasteiger partial charge on any atom is -0.351 e. The van der Waals surface area contributed by atoms with Crippen molar-refractivity contribution in [2.75, 3.05) is 13.1 Å². The number of rotatable bonds is 3. The first-order valence-electron chi connectivity index (χ1n) is 6.47. The average Bonchev–Trinajstić information content (AvgIpc) is 2.87. The quantitative estimate of drug-likeness (QED) is 0.854. The SMILES string of the molecule is C[C@@H](C(=O)NC(N)=O)N1CC[C@H](c2ccccc2)C1. The molecule has 0 spiro atoms. The van der Waals surface area contributed by atoms with Crippen LogP contribution in [0.4, 0.5) is 4.79 Å². The number of imide groups is 1. The van der Waals surface area contributed by atoms with Crippen LogP contribution in [0, 0.1) is 0 Å². The molecular formula is C14H19N3O2. The summed E-state index contributed by atoms with van der Waals surface area (Å²) in [6.45, 7) is 3.48. The Morgan fingerprint density at radius 2 is 2.05 bits per heavy atom. The molecule has 102 valence electrons. The van der Waals surface area contributed by atoms with E-state index in [4.69, 9.17) is 5.73 Å². The van der Waals surface area contributed by atoms with Crippen molar-refractivity contribution in [3.8, 4) is 0 Å². The normalized spacial score (nSPS) is 21.0. The lowest BCUT2D eigenvalue weighted by molar-refractivity contribution is -0.124. The first-order valence-corrected chi connectivity index (χ1v) is 6.47. The Labute approximate surface area is 112 Å². The summed E-state index contributed by atoms with van der Waals surface area (Å²) in [5.41, 5.74) is 6.26. The molecule has 0 saturated carbocycles. The summed E-state index contributed by atoms with van der Waals surface area (Å²) in [6, 6.07) is 9.16. The van der Waals surface area contributed by atoms with Crippen molar-refractivity contribution in [2.24, 2.45) is 5.73 Å². The van der Waals surface area contributed by atoms with Gasteiger partial charge >= 0.3 is 6.03 Å². The number of likely N-dealkylation sites (tertiary alicyclic amines) is 1. The van der Waals surface area contributed by atoms with Crippen LogP contribution in [0.25, 0.3) is 0 Å². The second-order valence-electron chi connectivity index (χ2n) is 4.92. The Morgan fingerprint density at radius 3 is 2.68 bits per heavy atom. The summed E-state index contributed by atoms with van der Waals surface area (Å²) in [5.74, 6) is 0.117. The van der Waals surface area contributed by atoms with Gasteiger partial charge in [0.1, 0.15) is 0 Å². The maximum Gasteiger partial charge on any atom is 0.318 e. The molecule has 2 atom stereocenters. The monoisotopic (exact) mass is 261 g/mol. The van der Waals surface area contributed by atoms with Crippen LogP contribution in [0.5, 0.6) is 0 Å². The van der Waals surface area contributed by atoms with Gasteiger partial charge in [-0.2, -0.15) is 0 Å². The number of primary amides is 1. The predicted octanol–water partition coefficient (Wildman–Crippen LogP) is 1.06. The van der Waals surface area contributed by atoms with Crippen molar-refractivity contribution in [2.45, 2.75) is 25.3 Å². The topological polar surface area (TPSA) is 75.4 Å². The van der Waals surface area contributed by atoms with Crippen molar-refractivity contribution >= 4 is 11.9 Å². The van der Waals surface area contributed by atoms with Gasteiger partial charge in [0.15, 0.2) is 0 Å². The summed E-state index contributed by atoms with van der Waals surface area (Å²) < 4.78 is 0. The van der Waals surface area contributed by atoms with Crippen LogP contribution in [-0.2, 0) is 4.79 Å². The molecule has 1 aliphatic rings. The number of urea groups is 1. The second-order valence-corrected chi connectivity index (χ2v) is 4.92. The van der Waals surface area contributed by atoms with Crippen molar-refractivity contribution < 1.29 is 9.59 Å². The number of carbonyl (C=O) groups excluding carboxylic acids is 2. The third-order valence-corrected chi connectivity index (χ3v) is 3.66. The van der Waals surface area contributed by atoms with E-state index < -0.39 is 6.03 Å². The van der Waals surface area contributed by atoms with E-state index in [0.717, 1.165) is 19.5 Å². The van der Waals surface area contributed by atoms with E-state index in [-0.39, 0.29) is 11.9 Å². The van der Waals surface area contributed by atoms with E-state index in [1.54, 1.807) is 6.92 Å². The molecule has 1 saturated heterocycles. The Bertz CT molecular complexity index is 461. The number of amides is 3. The van der Waals surface area contributed by atoms with Crippen LogP contribution in [0.3, 0.4) is 0 Å². The van der Waals surface area contributed by atoms with Crippen LogP contribution in [0.1, 0.15) is 24.8 Å². The second kappa shape index (κ2) is 5.84. The van der Waals surface area contributed by atoms with Crippen molar-refractivity contribution in [3.05, 3.63) is 35.9 Å². The molecule has 3 N–H and O–H groups in total. The van der Waals surface area contributed by atoms with E-state index >= 15 is 0 Å². The number of hydrogen-bond donors (Lipinski definition) is 2. The van der Waals surface area contributed by atoms with Crippen molar-refractivity contribution in [3.63, 3.8) is 0 Å². The zero-order chi connectivity index (χ0) is 13.8. The Balaban J connectivity index is 1.95. The summed E-state index contributed by atoms with van der Waals surface area (Å²) in [4.78, 5) is 24.5. The summed E-state index contributed by atoms with van der Waals surface area (Å²) in [7, 11) is 0. The maximum atomic E-state index is 11.7. The fraction of sp³-hybridized carbons (Fsp3) is 0.429. The van der Waals surface area contributed by atoms with E-state index in [9.17, 15) is 9.59 Å². The molecule has 5 heteroatoms. The van der Waals surface area contributed by atoms with Crippen LogP contribution >= 0.6 is 0 Å². The van der Waals surface area contributed by atoms with Gasteiger partial charge in [-0.1, -0.05) is 30.3 Å². The van der Waals surface area contributed by atoms with Gasteiger partial charge < -0.3 is 5.73 Å². The highest BCUT2D eigenvalue weighted by molar-refractivity contribution is 5.96. The molecular weight excluding hydrogens is 242 g/mol. The minimum absolute atomic E-state index is 0.332. The number of hydrogen-bond acceptors (Lipinski definition) is 3. The van der Waals surface area contributed by atoms with Gasteiger partial charge in [0, 0.05) is 6.54 Å². The number of nitrogens with one attached hydrogen (secondary N) is 1. The van der Waals surface area contributed by atoms with Gasteiger partial charge in [-0.25, -0.2) is 4.79 Å². The molecule has 5 nitrogen and oxygen atoms in total. The molecule has 0 aromatic heterocycles. The molecule has 2 rings (SSSR count). The lowest BCUT2D eigenvalue weighted by atomic mass is 9.99. The number of benzene rings is 1. The first-order chi connectivity index (χ1) is 9.08. The molecule has 1 aromatic rings. The molecule has 1 aliphatic heterocycles. The fourth-order valence-corrected chi connectivity index (χ4v) is 2.53. The van der Waals surface area contributed by atoms with Crippen molar-refractivity contribution in [1.82, 2.24) is 10.2 Å². The Hall–Kier alpha value is -1.88. The van der Waals surface area contributed by atoms with E-state index in [1.807, 2.05) is 18.2 Å². The summed E-state index contributed by atoms with van der Waals surface area (Å²) >= 11 is 0. The fourth-order valence-electron chi connectivity index (χ4n) is 2.53. The molecule has 1 heterocycles. The number of nitrogens with two attached hydrogens (primary N) is 1. The van der Waals surface area contributed by atoms with E-state index in [2.05, 4.69) is 22.3 Å². The van der Waals surface area contributed by atoms with Crippen LogP contribution < -0.4 is 11.1 Å². The van der Waals surface area contributed by atoms with E-state index in [1.165, 1.54) is 5.56 Å². The number of nitrogens with zero attached hydrogens (tertiary/aromatic N) is 1. The molecule has 1 fully saturated rings. The summed E-state index contributed by atoms with van der Waals surface area (Å²) in [5, 5.41) is 2.13. The molecule has 0 bridgehead atoms. The van der Waals surface area contributed by atoms with Gasteiger partial charge in [-0.15, -0.1) is 0 Å². The van der Waals surface area contributed by atoms with Crippen LogP contribution in [-0.4, -0.2) is 36.0 Å². The lowest BCUT2D eigenvalue weighted by Gasteiger charge is -2.22. The smallest absolute Gasteiger partial charge is 0.318 e. The van der Waals surface area contributed by atoms with Gasteiger partial charge in [0.05, 0.1) is 6.04 Å². The highest BCUT2D eigenvalue weighted by Gasteiger charge is 2.30. The average molecular weight is 261 g/mol. The Morgan fingerprint density at radius 1 is 1.37 bits per heavy atom. The standard InChI is InChI=1S/C14H19N3O2/c1-10(13(18)16-14(15)19)17-8-7-12(9-17)11-5-3-2-4-6-11/h2-6,10,12H,7-9H2,1H3,(H3,15,16,18,19)/t10-,12-/m0/s1. The van der Waals surface area contributed by atoms with Gasteiger partial charge in [-0.3, -0.25) is 15.0 Å². The summed E-state index contributed by atoms with van der Waals surface area (Å²) in [6.07, 6.45) is 1.03. The molecule has 0 radical (unpaired) electrons. The third-order valence-electron chi connectivity index (χ3n) is 3.66. The molecule has 0 aliphatic carbocycles. The van der Waals surface area contributed by atoms with Crippen LogP contribution in [0.2, 0.25) is 0 Å². The number of carbonyl (C=O) groups is 2. The lowest BCUT2D eigenvalue weighted by Crippen LogP contribution is -2.47.